The Bertz CT molecular complexity index is 589. The third kappa shape index (κ3) is 6.35. The predicted octanol–water partition coefficient (Wildman–Crippen LogP) is 3.02. The molecule has 0 atom stereocenters. The maximum atomic E-state index is 12.5. The van der Waals surface area contributed by atoms with Gasteiger partial charge in [-0.25, -0.2) is 8.78 Å². The number of carbonyl (C=O) groups excluding carboxylic acids is 3. The van der Waals surface area contributed by atoms with E-state index in [2.05, 4.69) is 4.74 Å². The number of carbonyl (C=O) groups is 3. The SMILES string of the molecule is O=Cc1ccccc1OC(=O)CCCC(=O)OCC(F)(F)C(F)F. The highest BCUT2D eigenvalue weighted by Crippen LogP contribution is 2.23. The van der Waals surface area contributed by atoms with Crippen LogP contribution in [0.25, 0.3) is 0 Å². The minimum Gasteiger partial charge on any atom is -0.459 e. The second-order valence-corrected chi connectivity index (χ2v) is 4.71. The van der Waals surface area contributed by atoms with E-state index in [0.717, 1.165) is 0 Å². The van der Waals surface area contributed by atoms with Crippen LogP contribution in [0, 0.1) is 0 Å². The Morgan fingerprint density at radius 3 is 2.38 bits per heavy atom. The van der Waals surface area contributed by atoms with Crippen LogP contribution in [0.15, 0.2) is 24.3 Å². The summed E-state index contributed by atoms with van der Waals surface area (Å²) in [7, 11) is 0. The smallest absolute Gasteiger partial charge is 0.340 e. The summed E-state index contributed by atoms with van der Waals surface area (Å²) in [6.07, 6.45) is -4.17. The molecule has 0 heterocycles. The maximum Gasteiger partial charge on any atom is 0.340 e. The fraction of sp³-hybridized carbons (Fsp3) is 0.400. The molecule has 0 saturated carbocycles. The second kappa shape index (κ2) is 8.99. The highest BCUT2D eigenvalue weighted by Gasteiger charge is 2.42. The molecule has 0 N–H and O–H groups in total. The molecule has 9 heteroatoms. The number of benzene rings is 1. The first-order chi connectivity index (χ1) is 11.3. The fourth-order valence-electron chi connectivity index (χ4n) is 1.53. The molecule has 1 rings (SSSR count). The number of halogens is 4. The van der Waals surface area contributed by atoms with E-state index in [4.69, 9.17) is 4.74 Å². The molecule has 1 aromatic carbocycles. The molecule has 1 aromatic rings. The molecular weight excluding hydrogens is 336 g/mol. The summed E-state index contributed by atoms with van der Waals surface area (Å²) in [6, 6.07) is 5.97. The molecule has 0 saturated heterocycles. The molecule has 0 fully saturated rings. The van der Waals surface area contributed by atoms with E-state index in [9.17, 15) is 31.9 Å². The molecule has 0 bridgehead atoms. The lowest BCUT2D eigenvalue weighted by molar-refractivity contribution is -0.179. The van der Waals surface area contributed by atoms with Crippen molar-refractivity contribution in [2.75, 3.05) is 6.61 Å². The van der Waals surface area contributed by atoms with Crippen LogP contribution in [0.5, 0.6) is 5.75 Å². The van der Waals surface area contributed by atoms with E-state index in [0.29, 0.717) is 6.29 Å². The van der Waals surface area contributed by atoms with Crippen LogP contribution in [0.1, 0.15) is 29.6 Å². The molecule has 0 amide bonds. The first kappa shape index (κ1) is 19.6. The Kier molecular flexibility index (Phi) is 7.34. The quantitative estimate of drug-likeness (QED) is 0.296. The summed E-state index contributed by atoms with van der Waals surface area (Å²) in [6.45, 7) is -1.72. The molecular formula is C15H14F4O5. The number of hydrogen-bond donors (Lipinski definition) is 0. The average molecular weight is 350 g/mol. The van der Waals surface area contributed by atoms with Crippen LogP contribution in [-0.2, 0) is 14.3 Å². The zero-order valence-corrected chi connectivity index (χ0v) is 12.3. The van der Waals surface area contributed by atoms with Gasteiger partial charge < -0.3 is 9.47 Å². The number of alkyl halides is 4. The number of para-hydroxylation sites is 1. The van der Waals surface area contributed by atoms with Gasteiger partial charge in [0.1, 0.15) is 5.75 Å². The van der Waals surface area contributed by atoms with Crippen molar-refractivity contribution in [3.05, 3.63) is 29.8 Å². The van der Waals surface area contributed by atoms with Crippen LogP contribution < -0.4 is 4.74 Å². The van der Waals surface area contributed by atoms with Gasteiger partial charge >= 0.3 is 24.3 Å². The molecule has 132 valence electrons. The summed E-state index contributed by atoms with van der Waals surface area (Å²) in [5.41, 5.74) is 0.166. The van der Waals surface area contributed by atoms with Crippen molar-refractivity contribution in [3.63, 3.8) is 0 Å². The zero-order chi connectivity index (χ0) is 18.2. The van der Waals surface area contributed by atoms with Crippen LogP contribution in [0.2, 0.25) is 0 Å². The normalized spacial score (nSPS) is 11.2. The lowest BCUT2D eigenvalue weighted by Gasteiger charge is -2.14. The topological polar surface area (TPSA) is 69.7 Å². The van der Waals surface area contributed by atoms with Gasteiger partial charge in [0, 0.05) is 12.8 Å². The van der Waals surface area contributed by atoms with Crippen molar-refractivity contribution >= 4 is 18.2 Å². The van der Waals surface area contributed by atoms with Gasteiger partial charge in [0.05, 0.1) is 5.56 Å². The Hall–Kier alpha value is -2.45. The van der Waals surface area contributed by atoms with E-state index in [1.165, 1.54) is 12.1 Å². The summed E-state index contributed by atoms with van der Waals surface area (Å²) < 4.78 is 57.8. The molecule has 0 aliphatic rings. The van der Waals surface area contributed by atoms with Gasteiger partial charge in [0.2, 0.25) is 0 Å². The maximum absolute atomic E-state index is 12.5. The Labute approximate surface area is 134 Å². The molecule has 0 radical (unpaired) electrons. The van der Waals surface area contributed by atoms with Crippen LogP contribution in [-0.4, -0.2) is 37.2 Å². The second-order valence-electron chi connectivity index (χ2n) is 4.71. The molecule has 0 aromatic heterocycles. The van der Waals surface area contributed by atoms with Crippen molar-refractivity contribution in [3.8, 4) is 5.75 Å². The zero-order valence-electron chi connectivity index (χ0n) is 12.3. The van der Waals surface area contributed by atoms with Gasteiger partial charge in [0.25, 0.3) is 0 Å². The lowest BCUT2D eigenvalue weighted by atomic mass is 10.2. The van der Waals surface area contributed by atoms with Crippen molar-refractivity contribution in [1.29, 1.82) is 0 Å². The predicted molar refractivity (Wildman–Crippen MR) is 73.2 cm³/mol. The van der Waals surface area contributed by atoms with Crippen molar-refractivity contribution in [2.24, 2.45) is 0 Å². The first-order valence-electron chi connectivity index (χ1n) is 6.82. The summed E-state index contributed by atoms with van der Waals surface area (Å²) in [4.78, 5) is 33.5. The monoisotopic (exact) mass is 350 g/mol. The van der Waals surface area contributed by atoms with E-state index < -0.39 is 37.3 Å². The van der Waals surface area contributed by atoms with E-state index in [1.54, 1.807) is 12.1 Å². The molecule has 5 nitrogen and oxygen atoms in total. The number of hydrogen-bond acceptors (Lipinski definition) is 5. The van der Waals surface area contributed by atoms with Gasteiger partial charge in [-0.3, -0.25) is 14.4 Å². The van der Waals surface area contributed by atoms with Crippen LogP contribution >= 0.6 is 0 Å². The minimum absolute atomic E-state index is 0.0525. The average Bonchev–Trinajstić information content (AvgIpc) is 2.53. The largest absolute Gasteiger partial charge is 0.459 e. The van der Waals surface area contributed by atoms with Gasteiger partial charge in [-0.1, -0.05) is 12.1 Å². The van der Waals surface area contributed by atoms with E-state index in [1.807, 2.05) is 0 Å². The summed E-state index contributed by atoms with van der Waals surface area (Å²) >= 11 is 0. The Morgan fingerprint density at radius 2 is 1.75 bits per heavy atom. The highest BCUT2D eigenvalue weighted by atomic mass is 19.3. The minimum atomic E-state index is -4.41. The standard InChI is InChI=1S/C15H14F4O5/c16-14(17)15(18,19)9-23-12(21)6-3-7-13(22)24-11-5-2-1-4-10(11)8-20/h1-2,4-5,8,14H,3,6-7,9H2. The van der Waals surface area contributed by atoms with Crippen molar-refractivity contribution in [1.82, 2.24) is 0 Å². The van der Waals surface area contributed by atoms with Gasteiger partial charge in [-0.15, -0.1) is 0 Å². The van der Waals surface area contributed by atoms with E-state index in [-0.39, 0.29) is 24.2 Å². The number of ether oxygens (including phenoxy) is 2. The van der Waals surface area contributed by atoms with Crippen molar-refractivity contribution in [2.45, 2.75) is 31.6 Å². The number of aldehydes is 1. The molecule has 0 spiro atoms. The Morgan fingerprint density at radius 1 is 1.12 bits per heavy atom. The third-order valence-corrected chi connectivity index (χ3v) is 2.78. The van der Waals surface area contributed by atoms with Crippen LogP contribution in [0.4, 0.5) is 17.6 Å². The fourth-order valence-corrected chi connectivity index (χ4v) is 1.53. The molecule has 0 aliphatic carbocycles. The summed E-state index contributed by atoms with van der Waals surface area (Å²) in [5.74, 6) is -6.23. The third-order valence-electron chi connectivity index (χ3n) is 2.78. The summed E-state index contributed by atoms with van der Waals surface area (Å²) in [5, 5.41) is 0. The van der Waals surface area contributed by atoms with Gasteiger partial charge in [-0.05, 0) is 18.6 Å². The molecule has 0 unspecified atom stereocenters. The van der Waals surface area contributed by atoms with Gasteiger partial charge in [0.15, 0.2) is 12.9 Å². The first-order valence-corrected chi connectivity index (χ1v) is 6.82. The lowest BCUT2D eigenvalue weighted by Crippen LogP contribution is -2.33. The highest BCUT2D eigenvalue weighted by molar-refractivity contribution is 5.82. The van der Waals surface area contributed by atoms with Crippen LogP contribution in [0.3, 0.4) is 0 Å². The van der Waals surface area contributed by atoms with E-state index >= 15 is 0 Å². The molecule has 0 aliphatic heterocycles. The molecule has 24 heavy (non-hydrogen) atoms. The van der Waals surface area contributed by atoms with Crippen molar-refractivity contribution < 1.29 is 41.4 Å². The Balaban J connectivity index is 2.33. The number of rotatable bonds is 9. The number of esters is 2. The van der Waals surface area contributed by atoms with Gasteiger partial charge in [-0.2, -0.15) is 8.78 Å².